The molecule has 6 nitrogen and oxygen atoms in total. The third kappa shape index (κ3) is 5.18. The van der Waals surface area contributed by atoms with Crippen molar-refractivity contribution in [3.63, 3.8) is 0 Å². The lowest BCUT2D eigenvalue weighted by molar-refractivity contribution is -0.145. The molecule has 170 valence electrons. The molecule has 0 aliphatic carbocycles. The Morgan fingerprint density at radius 1 is 1.23 bits per heavy atom. The Labute approximate surface area is 191 Å². The van der Waals surface area contributed by atoms with E-state index in [4.69, 9.17) is 16.3 Å². The van der Waals surface area contributed by atoms with Crippen LogP contribution in [0.3, 0.4) is 0 Å². The predicted octanol–water partition coefficient (Wildman–Crippen LogP) is 5.86. The highest BCUT2D eigenvalue weighted by Gasteiger charge is 2.35. The molecule has 0 radical (unpaired) electrons. The Kier molecular flexibility index (Phi) is 7.23. The molecule has 0 bridgehead atoms. The van der Waals surface area contributed by atoms with Gasteiger partial charge < -0.3 is 10.1 Å². The van der Waals surface area contributed by atoms with Crippen molar-refractivity contribution in [3.8, 4) is 0 Å². The molecule has 1 aliphatic heterocycles. The van der Waals surface area contributed by atoms with Crippen molar-refractivity contribution in [1.82, 2.24) is 5.32 Å². The molecule has 0 saturated heterocycles. The van der Waals surface area contributed by atoms with E-state index >= 15 is 0 Å². The highest BCUT2D eigenvalue weighted by Crippen LogP contribution is 2.59. The van der Waals surface area contributed by atoms with Gasteiger partial charge in [0.15, 0.2) is 0 Å². The zero-order valence-corrected chi connectivity index (χ0v) is 20.0. The molecule has 0 aromatic heterocycles. The van der Waals surface area contributed by atoms with E-state index in [1.54, 1.807) is 26.1 Å². The van der Waals surface area contributed by atoms with Gasteiger partial charge >= 0.3 is 5.97 Å². The number of carbonyl (C=O) groups excluding carboxylic acids is 1. The minimum absolute atomic E-state index is 0.192. The summed E-state index contributed by atoms with van der Waals surface area (Å²) in [5, 5.41) is 4.03. The highest BCUT2D eigenvalue weighted by molar-refractivity contribution is 8.25. The summed E-state index contributed by atoms with van der Waals surface area (Å²) in [5.41, 5.74) is 2.25. The van der Waals surface area contributed by atoms with Crippen LogP contribution in [0.1, 0.15) is 50.8 Å². The van der Waals surface area contributed by atoms with Gasteiger partial charge in [-0.25, -0.2) is 0 Å². The summed E-state index contributed by atoms with van der Waals surface area (Å²) < 4.78 is 28.8. The molecule has 0 saturated carbocycles. The maximum atomic E-state index is 11.9. The van der Waals surface area contributed by atoms with E-state index < -0.39 is 10.8 Å². The van der Waals surface area contributed by atoms with Crippen molar-refractivity contribution >= 4 is 34.0 Å². The Bertz CT molecular complexity index is 951. The van der Waals surface area contributed by atoms with E-state index in [0.717, 1.165) is 23.2 Å². The van der Waals surface area contributed by atoms with Crippen LogP contribution in [0.25, 0.3) is 0 Å². The number of rotatable bonds is 7. The number of anilines is 1. The number of hydrogen-bond acceptors (Lipinski definition) is 6. The van der Waals surface area contributed by atoms with Crippen molar-refractivity contribution in [2.75, 3.05) is 24.5 Å². The first kappa shape index (κ1) is 23.9. The van der Waals surface area contributed by atoms with E-state index in [2.05, 4.69) is 5.32 Å². The number of para-hydroxylation sites is 1. The van der Waals surface area contributed by atoms with Gasteiger partial charge in [-0.15, -0.1) is 0 Å². The summed E-state index contributed by atoms with van der Waals surface area (Å²) >= 11 is 6.21. The number of carbonyl (C=O) groups is 1. The molecule has 0 spiro atoms. The maximum absolute atomic E-state index is 11.9. The Morgan fingerprint density at radius 2 is 1.94 bits per heavy atom. The normalized spacial score (nSPS) is 18.5. The largest absolute Gasteiger partial charge is 0.466 e. The van der Waals surface area contributed by atoms with E-state index in [1.165, 1.54) is 4.31 Å². The first-order valence-corrected chi connectivity index (χ1v) is 12.2. The lowest BCUT2D eigenvalue weighted by Crippen LogP contribution is -2.29. The number of esters is 1. The van der Waals surface area contributed by atoms with Gasteiger partial charge in [-0.1, -0.05) is 60.5 Å². The number of hydrogen-bond donors (Lipinski definition) is 3. The maximum Gasteiger partial charge on any atom is 0.306 e. The SMILES string of the molecule is CCOC(=O)CC(C)(C)CCNC1c2ccccc2N(C)S(O)(O)c2cc(Cl)ccc21. The molecule has 0 fully saturated rings. The molecular weight excluding hydrogens is 436 g/mol. The molecule has 1 aliphatic rings. The van der Waals surface area contributed by atoms with Gasteiger partial charge in [0.25, 0.3) is 0 Å². The Morgan fingerprint density at radius 3 is 2.65 bits per heavy atom. The minimum atomic E-state index is -3.25. The van der Waals surface area contributed by atoms with Gasteiger partial charge in [-0.2, -0.15) is 0 Å². The van der Waals surface area contributed by atoms with Crippen LogP contribution >= 0.6 is 22.4 Å². The first-order valence-electron chi connectivity index (χ1n) is 10.4. The second kappa shape index (κ2) is 9.38. The summed E-state index contributed by atoms with van der Waals surface area (Å²) in [7, 11) is -1.57. The second-order valence-corrected chi connectivity index (χ2v) is 11.0. The molecule has 8 heteroatoms. The van der Waals surface area contributed by atoms with Crippen LogP contribution in [0.15, 0.2) is 47.4 Å². The molecule has 1 unspecified atom stereocenters. The first-order chi connectivity index (χ1) is 14.6. The van der Waals surface area contributed by atoms with Gasteiger partial charge in [-0.3, -0.25) is 18.2 Å². The third-order valence-corrected chi connectivity index (χ3v) is 7.77. The van der Waals surface area contributed by atoms with Crippen molar-refractivity contribution in [1.29, 1.82) is 0 Å². The van der Waals surface area contributed by atoms with Crippen LogP contribution in [0.5, 0.6) is 0 Å². The van der Waals surface area contributed by atoms with Crippen LogP contribution in [0.4, 0.5) is 5.69 Å². The van der Waals surface area contributed by atoms with Gasteiger partial charge in [0.05, 0.1) is 29.7 Å². The average Bonchev–Trinajstić information content (AvgIpc) is 2.76. The minimum Gasteiger partial charge on any atom is -0.466 e. The van der Waals surface area contributed by atoms with E-state index in [-0.39, 0.29) is 17.4 Å². The summed E-state index contributed by atoms with van der Waals surface area (Å²) in [4.78, 5) is 12.3. The standard InChI is InChI=1S/C23H31ClN2O4S/c1-5-30-21(27)15-23(2,3)12-13-25-22-17-8-6-7-9-19(17)26(4)31(28,29)20-14-16(24)10-11-18(20)22/h6-11,14,22,25,28-29H,5,12-13,15H2,1-4H3. The molecule has 3 rings (SSSR count). The monoisotopic (exact) mass is 466 g/mol. The summed E-state index contributed by atoms with van der Waals surface area (Å²) in [6, 6.07) is 12.7. The second-order valence-electron chi connectivity index (χ2n) is 8.54. The fourth-order valence-corrected chi connectivity index (χ4v) is 5.68. The summed E-state index contributed by atoms with van der Waals surface area (Å²) in [6.45, 7) is 6.91. The molecule has 1 heterocycles. The fraction of sp³-hybridized carbons (Fsp3) is 0.435. The molecular formula is C23H31ClN2O4S. The topological polar surface area (TPSA) is 82.0 Å². The molecule has 3 N–H and O–H groups in total. The Hall–Kier alpha value is -1.77. The molecule has 31 heavy (non-hydrogen) atoms. The lowest BCUT2D eigenvalue weighted by atomic mass is 9.85. The van der Waals surface area contributed by atoms with Crippen molar-refractivity contribution in [2.24, 2.45) is 5.41 Å². The van der Waals surface area contributed by atoms with Crippen molar-refractivity contribution in [2.45, 2.75) is 44.6 Å². The quantitative estimate of drug-likeness (QED) is 0.443. The fourth-order valence-electron chi connectivity index (χ4n) is 3.92. The highest BCUT2D eigenvalue weighted by atomic mass is 35.5. The Balaban J connectivity index is 1.91. The van der Waals surface area contributed by atoms with Gasteiger partial charge in [0.1, 0.15) is 0 Å². The van der Waals surface area contributed by atoms with Crippen molar-refractivity contribution < 1.29 is 18.6 Å². The number of fused-ring (bicyclic) bond motifs is 2. The van der Waals surface area contributed by atoms with Gasteiger partial charge in [0.2, 0.25) is 0 Å². The molecule has 2 aromatic rings. The van der Waals surface area contributed by atoms with E-state index in [9.17, 15) is 13.9 Å². The molecule has 2 aromatic carbocycles. The van der Waals surface area contributed by atoms with Gasteiger partial charge in [-0.05, 0) is 54.6 Å². The number of nitrogens with zero attached hydrogens (tertiary/aromatic N) is 1. The summed E-state index contributed by atoms with van der Waals surface area (Å²) in [5.74, 6) is -0.192. The van der Waals surface area contributed by atoms with E-state index in [0.29, 0.717) is 29.5 Å². The van der Waals surface area contributed by atoms with Crippen LogP contribution in [0, 0.1) is 5.41 Å². The molecule has 1 atom stereocenters. The number of ether oxygens (including phenoxy) is 1. The van der Waals surface area contributed by atoms with Crippen molar-refractivity contribution in [3.05, 3.63) is 58.6 Å². The summed E-state index contributed by atoms with van der Waals surface area (Å²) in [6.07, 6.45) is 1.10. The number of benzene rings is 2. The van der Waals surface area contributed by atoms with Gasteiger partial charge in [0, 0.05) is 12.1 Å². The lowest BCUT2D eigenvalue weighted by Gasteiger charge is -2.41. The van der Waals surface area contributed by atoms with E-state index in [1.807, 2.05) is 44.2 Å². The zero-order chi connectivity index (χ0) is 22.8. The predicted molar refractivity (Wildman–Crippen MR) is 127 cm³/mol. The van der Waals surface area contributed by atoms with Crippen LogP contribution < -0.4 is 9.62 Å². The van der Waals surface area contributed by atoms with Crippen LogP contribution in [-0.4, -0.2) is 35.3 Å². The number of halogens is 1. The van der Waals surface area contributed by atoms with Crippen LogP contribution in [-0.2, 0) is 9.53 Å². The number of nitrogens with one attached hydrogen (secondary N) is 1. The zero-order valence-electron chi connectivity index (χ0n) is 18.4. The molecule has 0 amide bonds. The van der Waals surface area contributed by atoms with Crippen LogP contribution in [0.2, 0.25) is 5.02 Å². The average molecular weight is 467 g/mol. The third-order valence-electron chi connectivity index (χ3n) is 5.63. The smallest absolute Gasteiger partial charge is 0.306 e.